The molecular formula is C16H12FNO2. The van der Waals surface area contributed by atoms with Crippen LogP contribution in [0.2, 0.25) is 0 Å². The van der Waals surface area contributed by atoms with E-state index in [1.807, 2.05) is 6.07 Å². The summed E-state index contributed by atoms with van der Waals surface area (Å²) in [4.78, 5) is 16.4. The fraction of sp³-hybridized carbons (Fsp3) is 0.125. The summed E-state index contributed by atoms with van der Waals surface area (Å²) in [5.74, 6) is -1.35. The molecule has 0 radical (unpaired) electrons. The van der Waals surface area contributed by atoms with Crippen molar-refractivity contribution in [3.8, 4) is 5.75 Å². The number of carbonyl (C=O) groups excluding carboxylic acids is 1. The number of halogens is 1. The second-order valence-corrected chi connectivity index (χ2v) is 4.79. The molecule has 0 aliphatic heterocycles. The number of fused-ring (bicyclic) bond motifs is 1. The standard InChI is InChI=1S/C16H12FNO2/c1-9-11(7-10-3-2-6-18-8-10)16(20)15-13(19)5-4-12(17)14(9)15/h2-9,19H,1H3/b11-7+/t9-/m1/s1. The molecule has 1 aromatic heterocycles. The van der Waals surface area contributed by atoms with E-state index < -0.39 is 5.82 Å². The van der Waals surface area contributed by atoms with Crippen LogP contribution in [0.4, 0.5) is 4.39 Å². The van der Waals surface area contributed by atoms with E-state index in [1.165, 1.54) is 12.1 Å². The molecule has 0 amide bonds. The van der Waals surface area contributed by atoms with Gasteiger partial charge in [0.05, 0.1) is 5.56 Å². The van der Waals surface area contributed by atoms with Crippen molar-refractivity contribution in [1.29, 1.82) is 0 Å². The van der Waals surface area contributed by atoms with Gasteiger partial charge in [0.2, 0.25) is 0 Å². The number of aromatic hydroxyl groups is 1. The number of hydrogen-bond donors (Lipinski definition) is 1. The first-order valence-electron chi connectivity index (χ1n) is 6.27. The average molecular weight is 269 g/mol. The molecule has 0 unspecified atom stereocenters. The number of phenols is 1. The van der Waals surface area contributed by atoms with Crippen LogP contribution in [0, 0.1) is 5.82 Å². The normalized spacial score (nSPS) is 19.4. The van der Waals surface area contributed by atoms with Gasteiger partial charge >= 0.3 is 0 Å². The van der Waals surface area contributed by atoms with Crippen LogP contribution in [0.25, 0.3) is 6.08 Å². The Morgan fingerprint density at radius 1 is 1.35 bits per heavy atom. The molecule has 3 rings (SSSR count). The third-order valence-electron chi connectivity index (χ3n) is 3.57. The Balaban J connectivity index is 2.15. The minimum absolute atomic E-state index is 0.0765. The number of ketones is 1. The average Bonchev–Trinajstić information content (AvgIpc) is 2.70. The third-order valence-corrected chi connectivity index (χ3v) is 3.57. The van der Waals surface area contributed by atoms with Crippen molar-refractivity contribution in [1.82, 2.24) is 4.98 Å². The zero-order valence-corrected chi connectivity index (χ0v) is 10.8. The lowest BCUT2D eigenvalue weighted by molar-refractivity contribution is 0.103. The van der Waals surface area contributed by atoms with Crippen LogP contribution in [-0.2, 0) is 0 Å². The molecule has 0 bridgehead atoms. The molecule has 2 aromatic rings. The molecule has 0 saturated heterocycles. The van der Waals surface area contributed by atoms with E-state index in [9.17, 15) is 14.3 Å². The van der Waals surface area contributed by atoms with Crippen LogP contribution in [0.15, 0.2) is 42.2 Å². The van der Waals surface area contributed by atoms with Gasteiger partial charge in [-0.3, -0.25) is 9.78 Å². The van der Waals surface area contributed by atoms with Crippen LogP contribution >= 0.6 is 0 Å². The van der Waals surface area contributed by atoms with Gasteiger partial charge < -0.3 is 5.11 Å². The van der Waals surface area contributed by atoms with Gasteiger partial charge in [-0.05, 0) is 29.8 Å². The van der Waals surface area contributed by atoms with E-state index in [4.69, 9.17) is 0 Å². The Morgan fingerprint density at radius 2 is 2.15 bits per heavy atom. The van der Waals surface area contributed by atoms with E-state index >= 15 is 0 Å². The second kappa shape index (κ2) is 4.56. The monoisotopic (exact) mass is 269 g/mol. The van der Waals surface area contributed by atoms with Gasteiger partial charge in [-0.1, -0.05) is 13.0 Å². The highest BCUT2D eigenvalue weighted by atomic mass is 19.1. The zero-order valence-electron chi connectivity index (χ0n) is 10.8. The Labute approximate surface area is 115 Å². The topological polar surface area (TPSA) is 50.2 Å². The van der Waals surface area contributed by atoms with Crippen molar-refractivity contribution in [2.45, 2.75) is 12.8 Å². The number of Topliss-reactive ketones (excluding diaryl/α,β-unsaturated/α-hetero) is 1. The lowest BCUT2D eigenvalue weighted by Crippen LogP contribution is -1.97. The highest BCUT2D eigenvalue weighted by Crippen LogP contribution is 2.43. The number of aromatic nitrogens is 1. The Bertz CT molecular complexity index is 723. The minimum Gasteiger partial charge on any atom is -0.507 e. The summed E-state index contributed by atoms with van der Waals surface area (Å²) in [5, 5.41) is 9.80. The quantitative estimate of drug-likeness (QED) is 0.808. The predicted molar refractivity (Wildman–Crippen MR) is 73.0 cm³/mol. The highest BCUT2D eigenvalue weighted by molar-refractivity contribution is 6.18. The molecule has 100 valence electrons. The molecule has 1 aliphatic rings. The van der Waals surface area contributed by atoms with E-state index in [2.05, 4.69) is 4.98 Å². The summed E-state index contributed by atoms with van der Waals surface area (Å²) in [6.07, 6.45) is 4.97. The molecule has 1 atom stereocenters. The molecule has 4 heteroatoms. The van der Waals surface area contributed by atoms with Crippen molar-refractivity contribution in [2.75, 3.05) is 0 Å². The largest absolute Gasteiger partial charge is 0.507 e. The first-order valence-corrected chi connectivity index (χ1v) is 6.27. The summed E-state index contributed by atoms with van der Waals surface area (Å²) >= 11 is 0. The van der Waals surface area contributed by atoms with Gasteiger partial charge in [-0.15, -0.1) is 0 Å². The minimum atomic E-state index is -0.465. The van der Waals surface area contributed by atoms with Crippen LogP contribution in [0.1, 0.15) is 34.3 Å². The van der Waals surface area contributed by atoms with Gasteiger partial charge in [0, 0.05) is 29.4 Å². The van der Waals surface area contributed by atoms with Crippen molar-refractivity contribution in [3.05, 3.63) is 64.7 Å². The number of pyridine rings is 1. The molecule has 3 nitrogen and oxygen atoms in total. The fourth-order valence-corrected chi connectivity index (χ4v) is 2.57. The summed E-state index contributed by atoms with van der Waals surface area (Å²) < 4.78 is 13.9. The number of benzene rings is 1. The number of allylic oxidation sites excluding steroid dienone is 1. The van der Waals surface area contributed by atoms with Gasteiger partial charge in [-0.2, -0.15) is 0 Å². The summed E-state index contributed by atoms with van der Waals surface area (Å²) in [7, 11) is 0. The van der Waals surface area contributed by atoms with Gasteiger partial charge in [0.1, 0.15) is 11.6 Å². The number of nitrogens with zero attached hydrogens (tertiary/aromatic N) is 1. The van der Waals surface area contributed by atoms with Crippen molar-refractivity contribution in [2.24, 2.45) is 0 Å². The molecular weight excluding hydrogens is 257 g/mol. The molecule has 0 spiro atoms. The van der Waals surface area contributed by atoms with E-state index in [0.29, 0.717) is 5.57 Å². The maximum absolute atomic E-state index is 13.9. The lowest BCUT2D eigenvalue weighted by atomic mass is 9.98. The molecule has 1 aromatic carbocycles. The predicted octanol–water partition coefficient (Wildman–Crippen LogP) is 3.31. The smallest absolute Gasteiger partial charge is 0.193 e. The molecule has 0 fully saturated rings. The fourth-order valence-electron chi connectivity index (χ4n) is 2.57. The number of carbonyl (C=O) groups is 1. The maximum atomic E-state index is 13.9. The third kappa shape index (κ3) is 1.81. The Hall–Kier alpha value is -2.49. The number of phenolic OH excluding ortho intramolecular Hbond substituents is 1. The first-order chi connectivity index (χ1) is 9.59. The molecule has 1 N–H and O–H groups in total. The van der Waals surface area contributed by atoms with Crippen LogP contribution in [0.3, 0.4) is 0 Å². The highest BCUT2D eigenvalue weighted by Gasteiger charge is 2.36. The van der Waals surface area contributed by atoms with Crippen molar-refractivity contribution < 1.29 is 14.3 Å². The molecule has 1 aliphatic carbocycles. The number of rotatable bonds is 1. The van der Waals surface area contributed by atoms with Crippen LogP contribution in [0.5, 0.6) is 5.75 Å². The van der Waals surface area contributed by atoms with Gasteiger partial charge in [0.15, 0.2) is 5.78 Å². The molecule has 0 saturated carbocycles. The lowest BCUT2D eigenvalue weighted by Gasteiger charge is -2.06. The number of hydrogen-bond acceptors (Lipinski definition) is 3. The SMILES string of the molecule is C[C@@H]1/C(=C\c2cccnc2)C(=O)c2c(O)ccc(F)c21. The van der Waals surface area contributed by atoms with E-state index in [1.54, 1.807) is 31.5 Å². The summed E-state index contributed by atoms with van der Waals surface area (Å²) in [6, 6.07) is 5.98. The van der Waals surface area contributed by atoms with E-state index in [-0.39, 0.29) is 28.6 Å². The zero-order chi connectivity index (χ0) is 14.3. The van der Waals surface area contributed by atoms with Crippen molar-refractivity contribution >= 4 is 11.9 Å². The van der Waals surface area contributed by atoms with Gasteiger partial charge in [-0.25, -0.2) is 4.39 Å². The van der Waals surface area contributed by atoms with E-state index in [0.717, 1.165) is 5.56 Å². The Morgan fingerprint density at radius 3 is 2.80 bits per heavy atom. The summed E-state index contributed by atoms with van der Waals surface area (Å²) in [5.41, 5.74) is 1.58. The maximum Gasteiger partial charge on any atom is 0.193 e. The van der Waals surface area contributed by atoms with Crippen LogP contribution < -0.4 is 0 Å². The van der Waals surface area contributed by atoms with Crippen LogP contribution in [-0.4, -0.2) is 15.9 Å². The molecule has 20 heavy (non-hydrogen) atoms. The second-order valence-electron chi connectivity index (χ2n) is 4.79. The molecule has 1 heterocycles. The first kappa shape index (κ1) is 12.5. The summed E-state index contributed by atoms with van der Waals surface area (Å²) in [6.45, 7) is 1.76. The van der Waals surface area contributed by atoms with Crippen molar-refractivity contribution in [3.63, 3.8) is 0 Å². The van der Waals surface area contributed by atoms with Gasteiger partial charge in [0.25, 0.3) is 0 Å². The Kier molecular flexibility index (Phi) is 2.86.